The summed E-state index contributed by atoms with van der Waals surface area (Å²) in [7, 11) is 1.59. The standard InChI is InChI=1S/C28H24ClN3O4/c1-4-17(2)35-24-11-9-18(13-25(24)34-3)16-30-32-27(31-22-8-6-5-7-21(22)28(32)33)26-15-19-14-20(29)10-12-23(19)36-26/h5-17H,4H2,1-3H3/t17-/m0/s1. The number of furan rings is 1. The third kappa shape index (κ3) is 4.57. The van der Waals surface area contributed by atoms with Gasteiger partial charge in [-0.15, -0.1) is 0 Å². The molecule has 0 bridgehead atoms. The average Bonchev–Trinajstić information content (AvgIpc) is 3.31. The van der Waals surface area contributed by atoms with Crippen molar-refractivity contribution in [3.63, 3.8) is 0 Å². The van der Waals surface area contributed by atoms with E-state index in [0.717, 1.165) is 17.4 Å². The van der Waals surface area contributed by atoms with Crippen LogP contribution in [0.4, 0.5) is 0 Å². The van der Waals surface area contributed by atoms with Crippen LogP contribution in [-0.4, -0.2) is 29.1 Å². The van der Waals surface area contributed by atoms with Crippen LogP contribution in [0.3, 0.4) is 0 Å². The number of para-hydroxylation sites is 1. The van der Waals surface area contributed by atoms with E-state index in [0.29, 0.717) is 38.8 Å². The molecule has 0 spiro atoms. The first-order valence-electron chi connectivity index (χ1n) is 11.6. The van der Waals surface area contributed by atoms with Crippen LogP contribution in [0.1, 0.15) is 25.8 Å². The number of hydrogen-bond donors (Lipinski definition) is 0. The number of hydrogen-bond acceptors (Lipinski definition) is 6. The first kappa shape index (κ1) is 23.6. The molecule has 0 fully saturated rings. The lowest BCUT2D eigenvalue weighted by atomic mass is 10.2. The maximum Gasteiger partial charge on any atom is 0.282 e. The highest BCUT2D eigenvalue weighted by molar-refractivity contribution is 6.31. The molecule has 1 atom stereocenters. The molecular formula is C28H24ClN3O4. The number of methoxy groups -OCH3 is 1. The summed E-state index contributed by atoms with van der Waals surface area (Å²) < 4.78 is 18.7. The average molecular weight is 502 g/mol. The van der Waals surface area contributed by atoms with E-state index >= 15 is 0 Å². The highest BCUT2D eigenvalue weighted by atomic mass is 35.5. The van der Waals surface area contributed by atoms with Gasteiger partial charge in [-0.1, -0.05) is 30.7 Å². The highest BCUT2D eigenvalue weighted by Crippen LogP contribution is 2.30. The minimum atomic E-state index is -0.311. The first-order valence-corrected chi connectivity index (χ1v) is 11.9. The van der Waals surface area contributed by atoms with Crippen molar-refractivity contribution in [3.05, 3.63) is 87.7 Å². The van der Waals surface area contributed by atoms with Crippen LogP contribution in [0, 0.1) is 0 Å². The zero-order valence-corrected chi connectivity index (χ0v) is 20.8. The fraction of sp³-hybridized carbons (Fsp3) is 0.179. The smallest absolute Gasteiger partial charge is 0.282 e. The molecule has 2 aromatic heterocycles. The maximum absolute atomic E-state index is 13.4. The van der Waals surface area contributed by atoms with Gasteiger partial charge in [-0.25, -0.2) is 4.98 Å². The fourth-order valence-electron chi connectivity index (χ4n) is 3.80. The minimum Gasteiger partial charge on any atom is -0.493 e. The van der Waals surface area contributed by atoms with Gasteiger partial charge in [0.25, 0.3) is 5.56 Å². The van der Waals surface area contributed by atoms with Gasteiger partial charge in [0.15, 0.2) is 17.3 Å². The molecule has 0 aliphatic carbocycles. The molecule has 7 nitrogen and oxygen atoms in total. The van der Waals surface area contributed by atoms with E-state index in [9.17, 15) is 4.79 Å². The Hall–Kier alpha value is -4.10. The van der Waals surface area contributed by atoms with Gasteiger partial charge in [0.1, 0.15) is 5.58 Å². The number of fused-ring (bicyclic) bond motifs is 2. The molecule has 36 heavy (non-hydrogen) atoms. The predicted molar refractivity (Wildman–Crippen MR) is 143 cm³/mol. The lowest BCUT2D eigenvalue weighted by Gasteiger charge is -2.15. The zero-order valence-electron chi connectivity index (χ0n) is 20.1. The van der Waals surface area contributed by atoms with Crippen molar-refractivity contribution in [1.29, 1.82) is 0 Å². The molecule has 0 saturated carbocycles. The molecular weight excluding hydrogens is 478 g/mol. The van der Waals surface area contributed by atoms with Crippen LogP contribution in [0.25, 0.3) is 33.5 Å². The van der Waals surface area contributed by atoms with E-state index in [-0.39, 0.29) is 17.5 Å². The topological polar surface area (TPSA) is 78.9 Å². The van der Waals surface area contributed by atoms with Gasteiger partial charge in [0.2, 0.25) is 5.82 Å². The van der Waals surface area contributed by atoms with Crippen molar-refractivity contribution in [2.24, 2.45) is 5.10 Å². The molecule has 0 aliphatic rings. The molecule has 5 rings (SSSR count). The second kappa shape index (κ2) is 9.87. The minimum absolute atomic E-state index is 0.0573. The number of rotatable bonds is 7. The zero-order chi connectivity index (χ0) is 25.2. The summed E-state index contributed by atoms with van der Waals surface area (Å²) in [4.78, 5) is 18.2. The number of ether oxygens (including phenoxy) is 2. The molecule has 2 heterocycles. The van der Waals surface area contributed by atoms with Crippen LogP contribution in [0.5, 0.6) is 11.5 Å². The number of aromatic nitrogens is 2. The Morgan fingerprint density at radius 2 is 1.94 bits per heavy atom. The molecule has 0 aliphatic heterocycles. The normalized spacial score (nSPS) is 12.4. The summed E-state index contributed by atoms with van der Waals surface area (Å²) in [5.41, 5.74) is 1.60. The van der Waals surface area contributed by atoms with Crippen LogP contribution < -0.4 is 15.0 Å². The third-order valence-corrected chi connectivity index (χ3v) is 6.10. The quantitative estimate of drug-likeness (QED) is 0.237. The monoisotopic (exact) mass is 501 g/mol. The lowest BCUT2D eigenvalue weighted by molar-refractivity contribution is 0.207. The van der Waals surface area contributed by atoms with Crippen molar-refractivity contribution < 1.29 is 13.9 Å². The summed E-state index contributed by atoms with van der Waals surface area (Å²) in [6.45, 7) is 4.06. The summed E-state index contributed by atoms with van der Waals surface area (Å²) in [6.07, 6.45) is 2.51. The summed E-state index contributed by atoms with van der Waals surface area (Å²) in [5.74, 6) is 1.92. The Balaban J connectivity index is 1.62. The van der Waals surface area contributed by atoms with E-state index in [1.165, 1.54) is 4.68 Å². The molecule has 0 saturated heterocycles. The van der Waals surface area contributed by atoms with Crippen LogP contribution in [-0.2, 0) is 0 Å². The van der Waals surface area contributed by atoms with Gasteiger partial charge in [-0.3, -0.25) is 4.79 Å². The van der Waals surface area contributed by atoms with Crippen LogP contribution in [0.15, 0.2) is 81.0 Å². The molecule has 3 aromatic carbocycles. The molecule has 0 unspecified atom stereocenters. The molecule has 5 aromatic rings. The highest BCUT2D eigenvalue weighted by Gasteiger charge is 2.17. The van der Waals surface area contributed by atoms with E-state index in [1.54, 1.807) is 55.8 Å². The van der Waals surface area contributed by atoms with Crippen molar-refractivity contribution in [2.75, 3.05) is 7.11 Å². The second-order valence-electron chi connectivity index (χ2n) is 8.35. The van der Waals surface area contributed by atoms with E-state index in [1.807, 2.05) is 31.2 Å². The summed E-state index contributed by atoms with van der Waals surface area (Å²) in [6, 6.07) is 19.8. The van der Waals surface area contributed by atoms with E-state index in [2.05, 4.69) is 12.0 Å². The Morgan fingerprint density at radius 3 is 2.75 bits per heavy atom. The SMILES string of the molecule is CC[C@H](C)Oc1ccc(C=Nn2c(-c3cc4cc(Cl)ccc4o3)nc3ccccc3c2=O)cc1OC. The molecule has 8 heteroatoms. The number of halogens is 1. The Morgan fingerprint density at radius 1 is 1.11 bits per heavy atom. The largest absolute Gasteiger partial charge is 0.493 e. The van der Waals surface area contributed by atoms with Gasteiger partial charge in [0.05, 0.1) is 30.3 Å². The Labute approximate surface area is 212 Å². The maximum atomic E-state index is 13.4. The van der Waals surface area contributed by atoms with Gasteiger partial charge in [-0.2, -0.15) is 9.78 Å². The summed E-state index contributed by atoms with van der Waals surface area (Å²) >= 11 is 6.14. The first-order chi connectivity index (χ1) is 17.5. The van der Waals surface area contributed by atoms with Crippen molar-refractivity contribution >= 4 is 39.7 Å². The second-order valence-corrected chi connectivity index (χ2v) is 8.79. The fourth-order valence-corrected chi connectivity index (χ4v) is 3.98. The predicted octanol–water partition coefficient (Wildman–Crippen LogP) is 6.53. The van der Waals surface area contributed by atoms with Crippen molar-refractivity contribution in [2.45, 2.75) is 26.4 Å². The lowest BCUT2D eigenvalue weighted by Crippen LogP contribution is -2.20. The number of benzene rings is 3. The van der Waals surface area contributed by atoms with Gasteiger partial charge in [-0.05, 0) is 73.5 Å². The van der Waals surface area contributed by atoms with E-state index < -0.39 is 0 Å². The van der Waals surface area contributed by atoms with Gasteiger partial charge >= 0.3 is 0 Å². The van der Waals surface area contributed by atoms with E-state index in [4.69, 9.17) is 30.5 Å². The van der Waals surface area contributed by atoms with Crippen molar-refractivity contribution in [3.8, 4) is 23.1 Å². The van der Waals surface area contributed by atoms with Crippen molar-refractivity contribution in [1.82, 2.24) is 9.66 Å². The molecule has 0 N–H and O–H groups in total. The summed E-state index contributed by atoms with van der Waals surface area (Å²) in [5, 5.41) is 6.35. The van der Waals surface area contributed by atoms with Crippen LogP contribution in [0.2, 0.25) is 5.02 Å². The van der Waals surface area contributed by atoms with Crippen LogP contribution >= 0.6 is 11.6 Å². The molecule has 0 amide bonds. The molecule has 0 radical (unpaired) electrons. The Bertz CT molecular complexity index is 1650. The molecule has 182 valence electrons. The number of nitrogens with zero attached hydrogens (tertiary/aromatic N) is 3. The van der Waals surface area contributed by atoms with Gasteiger partial charge in [0, 0.05) is 10.4 Å². The van der Waals surface area contributed by atoms with Gasteiger partial charge < -0.3 is 13.9 Å². The Kier molecular flexibility index (Phi) is 6.48. The third-order valence-electron chi connectivity index (χ3n) is 5.87.